The Kier molecular flexibility index (Phi) is 8.15. The van der Waals surface area contributed by atoms with Gasteiger partial charge in [0.1, 0.15) is 12.4 Å². The van der Waals surface area contributed by atoms with Gasteiger partial charge in [0, 0.05) is 12.3 Å². The molecule has 34 heavy (non-hydrogen) atoms. The largest absolute Gasteiger partial charge is 0.462 e. The van der Waals surface area contributed by atoms with Crippen LogP contribution in [0.1, 0.15) is 113 Å². The van der Waals surface area contributed by atoms with Crippen LogP contribution in [0.25, 0.3) is 0 Å². The number of hydrogen-bond donors (Lipinski definition) is 0. The molecule has 0 spiro atoms. The first-order valence-electron chi connectivity index (χ1n) is 13.9. The Morgan fingerprint density at radius 2 is 1.53 bits per heavy atom. The first kappa shape index (κ1) is 27.5. The number of aldehydes is 1. The molecule has 0 N–H and O–H groups in total. The average molecular weight is 473 g/mol. The monoisotopic (exact) mass is 472 g/mol. The third kappa shape index (κ3) is 4.11. The Labute approximate surface area is 209 Å². The summed E-state index contributed by atoms with van der Waals surface area (Å²) in [7, 11) is 0. The highest BCUT2D eigenvalue weighted by molar-refractivity contribution is 5.66. The summed E-state index contributed by atoms with van der Waals surface area (Å²) in [6, 6.07) is 0. The van der Waals surface area contributed by atoms with E-state index in [1.165, 1.54) is 57.7 Å². The van der Waals surface area contributed by atoms with Crippen molar-refractivity contribution in [3.8, 4) is 0 Å². The Morgan fingerprint density at radius 1 is 0.912 bits per heavy atom. The molecular weight excluding hydrogens is 420 g/mol. The van der Waals surface area contributed by atoms with E-state index in [1.807, 2.05) is 6.92 Å². The zero-order chi connectivity index (χ0) is 24.0. The highest BCUT2D eigenvalue weighted by Gasteiger charge is 2.64. The number of rotatable bonds is 2. The standard InChI is InChI=1S/C27H42O3.C3H6.CH4/c1-17-20-9-13-26(4)21-10-15-27(16-28)12-5-6-22(27)19(21)7-8-24(26)25(20,3)14-11-23(17)30-18(2)29;1-3-2;/h16-17,19-24H,5-15H2,1-4H3;3H,1H2,2H3;1H4. The zero-order valence-corrected chi connectivity index (χ0v) is 21.9. The number of carbonyl (C=O) groups excluding carboxylic acids is 2. The van der Waals surface area contributed by atoms with Crippen molar-refractivity contribution >= 4 is 12.3 Å². The SMILES string of the molecule is C.C=CC.CC(=O)OC1CCC2(C)C(CCC3(C)C4CCC5(C=O)CCCC5C4CCC23)C1C. The second-order valence-corrected chi connectivity index (χ2v) is 12.9. The van der Waals surface area contributed by atoms with E-state index in [1.54, 1.807) is 13.0 Å². The lowest BCUT2D eigenvalue weighted by Crippen LogP contribution is -2.61. The number of carbonyl (C=O) groups is 2. The normalized spacial score (nSPS) is 48.8. The van der Waals surface area contributed by atoms with Crippen LogP contribution in [0.5, 0.6) is 0 Å². The third-order valence-electron chi connectivity index (χ3n) is 11.7. The van der Waals surface area contributed by atoms with Crippen molar-refractivity contribution in [1.29, 1.82) is 0 Å². The molecule has 0 aromatic carbocycles. The summed E-state index contributed by atoms with van der Waals surface area (Å²) >= 11 is 0. The first-order valence-corrected chi connectivity index (χ1v) is 13.9. The minimum Gasteiger partial charge on any atom is -0.462 e. The minimum atomic E-state index is -0.117. The van der Waals surface area contributed by atoms with Gasteiger partial charge in [-0.05, 0) is 117 Å². The fraction of sp³-hybridized carbons (Fsp3) is 0.871. The van der Waals surface area contributed by atoms with Crippen molar-refractivity contribution in [1.82, 2.24) is 0 Å². The van der Waals surface area contributed by atoms with Crippen LogP contribution in [-0.4, -0.2) is 18.4 Å². The van der Waals surface area contributed by atoms with Crippen LogP contribution in [0.3, 0.4) is 0 Å². The van der Waals surface area contributed by atoms with E-state index in [4.69, 9.17) is 4.74 Å². The summed E-state index contributed by atoms with van der Waals surface area (Å²) in [4.78, 5) is 23.8. The van der Waals surface area contributed by atoms with Crippen molar-refractivity contribution in [2.45, 2.75) is 119 Å². The van der Waals surface area contributed by atoms with Gasteiger partial charge in [0.15, 0.2) is 0 Å². The lowest BCUT2D eigenvalue weighted by Gasteiger charge is -2.67. The van der Waals surface area contributed by atoms with Crippen LogP contribution in [-0.2, 0) is 14.3 Å². The van der Waals surface area contributed by atoms with Crippen LogP contribution in [0.2, 0.25) is 0 Å². The molecule has 5 saturated carbocycles. The van der Waals surface area contributed by atoms with Crippen LogP contribution < -0.4 is 0 Å². The molecule has 5 rings (SSSR count). The van der Waals surface area contributed by atoms with E-state index >= 15 is 0 Å². The smallest absolute Gasteiger partial charge is 0.302 e. The quantitative estimate of drug-likeness (QED) is 0.232. The molecule has 10 atom stereocenters. The summed E-state index contributed by atoms with van der Waals surface area (Å²) in [5.74, 6) is 4.07. The second-order valence-electron chi connectivity index (χ2n) is 12.9. The summed E-state index contributed by atoms with van der Waals surface area (Å²) in [6.45, 7) is 14.4. The number of fused-ring (bicyclic) bond motifs is 7. The van der Waals surface area contributed by atoms with Gasteiger partial charge in [0.05, 0.1) is 0 Å². The molecule has 0 aromatic rings. The van der Waals surface area contributed by atoms with Gasteiger partial charge in [-0.25, -0.2) is 0 Å². The van der Waals surface area contributed by atoms with Crippen molar-refractivity contribution in [2.75, 3.05) is 0 Å². The molecule has 0 saturated heterocycles. The first-order chi connectivity index (χ1) is 15.7. The molecule has 0 aliphatic heterocycles. The second kappa shape index (κ2) is 10.1. The van der Waals surface area contributed by atoms with Gasteiger partial charge in [-0.2, -0.15) is 0 Å². The van der Waals surface area contributed by atoms with Crippen molar-refractivity contribution in [2.24, 2.45) is 51.8 Å². The van der Waals surface area contributed by atoms with Crippen LogP contribution in [0, 0.1) is 51.8 Å². The van der Waals surface area contributed by atoms with E-state index in [2.05, 4.69) is 27.4 Å². The molecular formula is C31H52O3. The van der Waals surface area contributed by atoms with Crippen molar-refractivity contribution in [3.63, 3.8) is 0 Å². The molecule has 0 heterocycles. The molecule has 5 aliphatic carbocycles. The topological polar surface area (TPSA) is 43.4 Å². The number of esters is 1. The summed E-state index contributed by atoms with van der Waals surface area (Å²) in [5.41, 5.74) is 0.838. The van der Waals surface area contributed by atoms with E-state index in [9.17, 15) is 9.59 Å². The van der Waals surface area contributed by atoms with Crippen LogP contribution in [0.4, 0.5) is 0 Å². The van der Waals surface area contributed by atoms with Gasteiger partial charge in [-0.3, -0.25) is 4.79 Å². The summed E-state index contributed by atoms with van der Waals surface area (Å²) in [5, 5.41) is 0. The maximum Gasteiger partial charge on any atom is 0.302 e. The zero-order valence-electron chi connectivity index (χ0n) is 21.9. The summed E-state index contributed by atoms with van der Waals surface area (Å²) in [6.07, 6.45) is 16.9. The van der Waals surface area contributed by atoms with E-state index in [0.717, 1.165) is 37.0 Å². The van der Waals surface area contributed by atoms with Crippen molar-refractivity contribution < 1.29 is 14.3 Å². The molecule has 0 aromatic heterocycles. The molecule has 5 fully saturated rings. The molecule has 5 aliphatic rings. The van der Waals surface area contributed by atoms with Gasteiger partial charge < -0.3 is 9.53 Å². The highest BCUT2D eigenvalue weighted by atomic mass is 16.5. The van der Waals surface area contributed by atoms with Crippen LogP contribution >= 0.6 is 0 Å². The fourth-order valence-corrected chi connectivity index (χ4v) is 10.4. The predicted molar refractivity (Wildman–Crippen MR) is 140 cm³/mol. The van der Waals surface area contributed by atoms with E-state index < -0.39 is 0 Å². The maximum atomic E-state index is 12.1. The molecule has 0 radical (unpaired) electrons. The van der Waals surface area contributed by atoms with Crippen LogP contribution in [0.15, 0.2) is 12.7 Å². The molecule has 0 amide bonds. The molecule has 194 valence electrons. The molecule has 3 nitrogen and oxygen atoms in total. The minimum absolute atomic E-state index is 0. The van der Waals surface area contributed by atoms with Gasteiger partial charge in [0.25, 0.3) is 0 Å². The Balaban J connectivity index is 0.000000771. The third-order valence-corrected chi connectivity index (χ3v) is 11.7. The lowest BCUT2D eigenvalue weighted by molar-refractivity contribution is -0.200. The Morgan fingerprint density at radius 3 is 2.18 bits per heavy atom. The summed E-state index contributed by atoms with van der Waals surface area (Å²) < 4.78 is 5.74. The average Bonchev–Trinajstić information content (AvgIpc) is 3.21. The van der Waals surface area contributed by atoms with E-state index in [-0.39, 0.29) is 24.9 Å². The number of ether oxygens (including phenoxy) is 1. The predicted octanol–water partition coefficient (Wildman–Crippen LogP) is 8.02. The Hall–Kier alpha value is -1.12. The van der Waals surface area contributed by atoms with Gasteiger partial charge >= 0.3 is 5.97 Å². The van der Waals surface area contributed by atoms with Gasteiger partial charge in [0.2, 0.25) is 0 Å². The van der Waals surface area contributed by atoms with Crippen molar-refractivity contribution in [3.05, 3.63) is 12.7 Å². The van der Waals surface area contributed by atoms with Gasteiger partial charge in [-0.1, -0.05) is 40.7 Å². The molecule has 0 bridgehead atoms. The molecule has 3 heteroatoms. The van der Waals surface area contributed by atoms with E-state index in [0.29, 0.717) is 28.6 Å². The highest BCUT2D eigenvalue weighted by Crippen LogP contribution is 2.71. The van der Waals surface area contributed by atoms with Gasteiger partial charge in [-0.15, -0.1) is 6.58 Å². The number of allylic oxidation sites excluding steroid dienone is 1. The maximum absolute atomic E-state index is 12.1. The Bertz CT molecular complexity index is 760. The lowest BCUT2D eigenvalue weighted by atomic mass is 9.38. The number of hydrogen-bond acceptors (Lipinski definition) is 3. The fourth-order valence-electron chi connectivity index (χ4n) is 10.4. The molecule has 10 unspecified atom stereocenters.